The van der Waals surface area contributed by atoms with Crippen molar-refractivity contribution in [3.63, 3.8) is 0 Å². The van der Waals surface area contributed by atoms with Crippen LogP contribution in [0, 0.1) is 5.92 Å². The molecule has 0 bridgehead atoms. The fraction of sp³-hybridized carbons (Fsp3) is 0.714. The molecule has 0 saturated carbocycles. The third-order valence-electron chi connectivity index (χ3n) is 2.75. The molecule has 1 amide bonds. The minimum atomic E-state index is -0.884. The molecule has 0 aromatic rings. The van der Waals surface area contributed by atoms with Gasteiger partial charge in [-0.2, -0.15) is 0 Å². The molecule has 6 heteroatoms. The van der Waals surface area contributed by atoms with Crippen molar-refractivity contribution < 1.29 is 24.2 Å². The van der Waals surface area contributed by atoms with E-state index in [0.717, 1.165) is 0 Å². The Bertz CT molecular complexity index is 386. The van der Waals surface area contributed by atoms with Gasteiger partial charge in [0.05, 0.1) is 24.7 Å². The number of nitrogens with one attached hydrogen (secondary N) is 1. The van der Waals surface area contributed by atoms with Gasteiger partial charge in [0.15, 0.2) is 0 Å². The van der Waals surface area contributed by atoms with Gasteiger partial charge in [-0.1, -0.05) is 12.2 Å². The van der Waals surface area contributed by atoms with Crippen LogP contribution in [-0.2, 0) is 14.3 Å². The second kappa shape index (κ2) is 6.74. The number of alkyl carbamates (subject to hydrolysis) is 1. The van der Waals surface area contributed by atoms with Crippen LogP contribution in [0.15, 0.2) is 12.2 Å². The van der Waals surface area contributed by atoms with E-state index >= 15 is 0 Å². The molecule has 6 nitrogen and oxygen atoms in total. The monoisotopic (exact) mass is 285 g/mol. The third kappa shape index (κ3) is 5.21. The van der Waals surface area contributed by atoms with Gasteiger partial charge < -0.3 is 19.9 Å². The van der Waals surface area contributed by atoms with Crippen LogP contribution in [0.4, 0.5) is 4.79 Å². The first-order chi connectivity index (χ1) is 9.23. The molecule has 0 fully saturated rings. The number of aliphatic hydroxyl groups is 1. The highest BCUT2D eigenvalue weighted by molar-refractivity contribution is 5.74. The first-order valence-corrected chi connectivity index (χ1v) is 6.75. The summed E-state index contributed by atoms with van der Waals surface area (Å²) in [6, 6.07) is -0.359. The summed E-state index contributed by atoms with van der Waals surface area (Å²) in [6.45, 7) is 7.28. The van der Waals surface area contributed by atoms with Crippen molar-refractivity contribution in [3.8, 4) is 0 Å². The first-order valence-electron chi connectivity index (χ1n) is 6.75. The predicted octanol–water partition coefficient (Wildman–Crippen LogP) is 1.38. The Balaban J connectivity index is 2.59. The van der Waals surface area contributed by atoms with Crippen molar-refractivity contribution in [2.75, 3.05) is 6.61 Å². The molecule has 1 aliphatic carbocycles. The van der Waals surface area contributed by atoms with Gasteiger partial charge in [-0.3, -0.25) is 4.79 Å². The van der Waals surface area contributed by atoms with Crippen LogP contribution in [0.1, 0.15) is 34.1 Å². The van der Waals surface area contributed by atoms with Crippen molar-refractivity contribution in [3.05, 3.63) is 12.2 Å². The van der Waals surface area contributed by atoms with Crippen LogP contribution in [0.3, 0.4) is 0 Å². The van der Waals surface area contributed by atoms with Crippen molar-refractivity contribution >= 4 is 12.1 Å². The maximum Gasteiger partial charge on any atom is 0.408 e. The molecule has 114 valence electrons. The molecule has 0 radical (unpaired) electrons. The van der Waals surface area contributed by atoms with Gasteiger partial charge in [-0.15, -0.1) is 0 Å². The van der Waals surface area contributed by atoms with E-state index in [1.807, 2.05) is 0 Å². The highest BCUT2D eigenvalue weighted by Crippen LogP contribution is 2.21. The molecule has 0 aromatic carbocycles. The largest absolute Gasteiger partial charge is 0.466 e. The maximum absolute atomic E-state index is 11.7. The lowest BCUT2D eigenvalue weighted by molar-refractivity contribution is -0.151. The van der Waals surface area contributed by atoms with E-state index in [1.54, 1.807) is 33.8 Å². The van der Waals surface area contributed by atoms with Gasteiger partial charge in [0.2, 0.25) is 0 Å². The quantitative estimate of drug-likeness (QED) is 0.604. The summed E-state index contributed by atoms with van der Waals surface area (Å²) in [4.78, 5) is 23.4. The summed E-state index contributed by atoms with van der Waals surface area (Å²) in [5.41, 5.74) is -0.581. The van der Waals surface area contributed by atoms with Crippen LogP contribution >= 0.6 is 0 Å². The Morgan fingerprint density at radius 3 is 2.55 bits per heavy atom. The number of hydrogen-bond acceptors (Lipinski definition) is 5. The number of amides is 1. The van der Waals surface area contributed by atoms with E-state index in [-0.39, 0.29) is 19.1 Å². The molecule has 0 aromatic heterocycles. The Morgan fingerprint density at radius 2 is 2.00 bits per heavy atom. The zero-order valence-corrected chi connectivity index (χ0v) is 12.4. The summed E-state index contributed by atoms with van der Waals surface area (Å²) in [7, 11) is 0. The van der Waals surface area contributed by atoms with Crippen LogP contribution in [0.5, 0.6) is 0 Å². The molecule has 2 N–H and O–H groups in total. The fourth-order valence-corrected chi connectivity index (χ4v) is 1.92. The van der Waals surface area contributed by atoms with Gasteiger partial charge in [-0.25, -0.2) is 4.79 Å². The van der Waals surface area contributed by atoms with Gasteiger partial charge in [-0.05, 0) is 34.1 Å². The number of carbonyl (C=O) groups is 2. The average molecular weight is 285 g/mol. The Labute approximate surface area is 119 Å². The number of ether oxygens (including phenoxy) is 2. The second-order valence-corrected chi connectivity index (χ2v) is 5.72. The van der Waals surface area contributed by atoms with Gasteiger partial charge >= 0.3 is 12.1 Å². The zero-order valence-electron chi connectivity index (χ0n) is 12.4. The SMILES string of the molecule is CCOC(=O)C1C[C@H](NC(=O)OC(C)(C)C)C=CC1O. The lowest BCUT2D eigenvalue weighted by Crippen LogP contribution is -2.44. The summed E-state index contributed by atoms with van der Waals surface area (Å²) in [5.74, 6) is -1.12. The molecule has 1 aliphatic rings. The summed E-state index contributed by atoms with van der Waals surface area (Å²) >= 11 is 0. The maximum atomic E-state index is 11.7. The van der Waals surface area contributed by atoms with E-state index in [2.05, 4.69) is 5.32 Å². The molecule has 0 spiro atoms. The van der Waals surface area contributed by atoms with E-state index < -0.39 is 29.7 Å². The summed E-state index contributed by atoms with van der Waals surface area (Å²) < 4.78 is 10.1. The molecule has 3 atom stereocenters. The zero-order chi connectivity index (χ0) is 15.3. The normalized spacial score (nSPS) is 25.9. The lowest BCUT2D eigenvalue weighted by Gasteiger charge is -2.28. The number of esters is 1. The van der Waals surface area contributed by atoms with Crippen LogP contribution < -0.4 is 5.32 Å². The molecular weight excluding hydrogens is 262 g/mol. The molecule has 0 saturated heterocycles. The third-order valence-corrected chi connectivity index (χ3v) is 2.75. The molecular formula is C14H23NO5. The topological polar surface area (TPSA) is 84.9 Å². The van der Waals surface area contributed by atoms with E-state index in [9.17, 15) is 14.7 Å². The number of carbonyl (C=O) groups excluding carboxylic acids is 2. The van der Waals surface area contributed by atoms with Crippen molar-refractivity contribution in [1.29, 1.82) is 0 Å². The van der Waals surface area contributed by atoms with Crippen LogP contribution in [0.25, 0.3) is 0 Å². The minimum absolute atomic E-state index is 0.260. The van der Waals surface area contributed by atoms with E-state index in [1.165, 1.54) is 6.08 Å². The molecule has 0 heterocycles. The van der Waals surface area contributed by atoms with Gasteiger partial charge in [0.1, 0.15) is 5.60 Å². The molecule has 1 rings (SSSR count). The fourth-order valence-electron chi connectivity index (χ4n) is 1.92. The predicted molar refractivity (Wildman–Crippen MR) is 73.0 cm³/mol. The molecule has 2 unspecified atom stereocenters. The second-order valence-electron chi connectivity index (χ2n) is 5.72. The van der Waals surface area contributed by atoms with E-state index in [4.69, 9.17) is 9.47 Å². The summed E-state index contributed by atoms with van der Waals surface area (Å²) in [6.07, 6.45) is 2.00. The van der Waals surface area contributed by atoms with Crippen LogP contribution in [-0.4, -0.2) is 41.5 Å². The number of aliphatic hydroxyl groups excluding tert-OH is 1. The van der Waals surface area contributed by atoms with Crippen molar-refractivity contribution in [2.24, 2.45) is 5.92 Å². The Hall–Kier alpha value is -1.56. The van der Waals surface area contributed by atoms with Gasteiger partial charge in [0, 0.05) is 0 Å². The number of rotatable bonds is 3. The highest BCUT2D eigenvalue weighted by atomic mass is 16.6. The number of hydrogen-bond donors (Lipinski definition) is 2. The highest BCUT2D eigenvalue weighted by Gasteiger charge is 2.33. The molecule has 0 aliphatic heterocycles. The van der Waals surface area contributed by atoms with Gasteiger partial charge in [0.25, 0.3) is 0 Å². The Morgan fingerprint density at radius 1 is 1.35 bits per heavy atom. The Kier molecular flexibility index (Phi) is 5.56. The van der Waals surface area contributed by atoms with Crippen molar-refractivity contribution in [1.82, 2.24) is 5.32 Å². The smallest absolute Gasteiger partial charge is 0.408 e. The first kappa shape index (κ1) is 16.5. The standard InChI is InChI=1S/C14H23NO5/c1-5-19-12(17)10-8-9(6-7-11(10)16)15-13(18)20-14(2,3)4/h6-7,9-11,16H,5,8H2,1-4H3,(H,15,18)/t9-,10?,11?/m1/s1. The van der Waals surface area contributed by atoms with Crippen molar-refractivity contribution in [2.45, 2.75) is 51.9 Å². The average Bonchev–Trinajstić information content (AvgIpc) is 2.29. The van der Waals surface area contributed by atoms with Crippen LogP contribution in [0.2, 0.25) is 0 Å². The lowest BCUT2D eigenvalue weighted by atomic mass is 9.88. The summed E-state index contributed by atoms with van der Waals surface area (Å²) in [5, 5.41) is 12.4. The molecule has 20 heavy (non-hydrogen) atoms. The minimum Gasteiger partial charge on any atom is -0.466 e. The van der Waals surface area contributed by atoms with E-state index in [0.29, 0.717) is 0 Å².